The van der Waals surface area contributed by atoms with Crippen molar-refractivity contribution in [1.29, 1.82) is 0 Å². The van der Waals surface area contributed by atoms with Crippen molar-refractivity contribution in [3.05, 3.63) is 58.8 Å². The van der Waals surface area contributed by atoms with Gasteiger partial charge in [0.15, 0.2) is 0 Å². The van der Waals surface area contributed by atoms with Crippen LogP contribution in [0.3, 0.4) is 0 Å². The van der Waals surface area contributed by atoms with Crippen LogP contribution < -0.4 is 9.46 Å². The summed E-state index contributed by atoms with van der Waals surface area (Å²) in [6, 6.07) is 9.29. The minimum atomic E-state index is -3.64. The Bertz CT molecular complexity index is 1270. The number of methoxy groups -OCH3 is 1. The van der Waals surface area contributed by atoms with E-state index in [0.29, 0.717) is 30.1 Å². The van der Waals surface area contributed by atoms with Crippen LogP contribution in [0.2, 0.25) is 0 Å². The molecule has 1 aliphatic rings. The number of piperidine rings is 1. The third kappa shape index (κ3) is 4.00. The Balaban J connectivity index is 1.54. The molecule has 0 unspecified atom stereocenters. The predicted octanol–water partition coefficient (Wildman–Crippen LogP) is 3.72. The zero-order valence-electron chi connectivity index (χ0n) is 18.9. The molecule has 0 atom stereocenters. The highest BCUT2D eigenvalue weighted by Gasteiger charge is 2.27. The fourth-order valence-electron chi connectivity index (χ4n) is 4.50. The lowest BCUT2D eigenvalue weighted by Crippen LogP contribution is -2.38. The zero-order valence-corrected chi connectivity index (χ0v) is 19.7. The number of hydrogen-bond donors (Lipinski definition) is 2. The number of hydrogen-bond acceptors (Lipinski definition) is 4. The Morgan fingerprint density at radius 1 is 1.16 bits per heavy atom. The standard InChI is InChI=1S/C24H29N3O4S/c1-15-11-18(12-23(16(15)2)32(29,30)25-3)24(28)27-9-7-17(8-10-27)21-14-26-22-6-5-19(31-4)13-20(21)22/h5-6,11-14,17,25-26H,7-10H2,1-4H3. The van der Waals surface area contributed by atoms with Gasteiger partial charge in [0.1, 0.15) is 5.75 Å². The molecule has 0 radical (unpaired) electrons. The smallest absolute Gasteiger partial charge is 0.253 e. The lowest BCUT2D eigenvalue weighted by Gasteiger charge is -2.32. The number of nitrogens with zero attached hydrogens (tertiary/aromatic N) is 1. The van der Waals surface area contributed by atoms with E-state index in [1.54, 1.807) is 20.1 Å². The van der Waals surface area contributed by atoms with E-state index >= 15 is 0 Å². The normalized spacial score (nSPS) is 15.3. The Morgan fingerprint density at radius 3 is 2.53 bits per heavy atom. The molecule has 1 fully saturated rings. The Hall–Kier alpha value is -2.84. The number of aromatic nitrogens is 1. The highest BCUT2D eigenvalue weighted by molar-refractivity contribution is 7.89. The van der Waals surface area contributed by atoms with Crippen molar-refractivity contribution in [2.24, 2.45) is 0 Å². The van der Waals surface area contributed by atoms with Gasteiger partial charge in [-0.15, -0.1) is 0 Å². The number of sulfonamides is 1. The minimum Gasteiger partial charge on any atom is -0.497 e. The summed E-state index contributed by atoms with van der Waals surface area (Å²) in [6.07, 6.45) is 3.76. The third-order valence-electron chi connectivity index (χ3n) is 6.57. The van der Waals surface area contributed by atoms with Gasteiger partial charge in [0.25, 0.3) is 5.91 Å². The quantitative estimate of drug-likeness (QED) is 0.613. The molecule has 1 saturated heterocycles. The molecule has 0 saturated carbocycles. The number of carbonyl (C=O) groups excluding carboxylic acids is 1. The summed E-state index contributed by atoms with van der Waals surface area (Å²) in [6.45, 7) is 4.84. The molecule has 1 aliphatic heterocycles. The first-order valence-corrected chi connectivity index (χ1v) is 12.2. The minimum absolute atomic E-state index is 0.125. The summed E-state index contributed by atoms with van der Waals surface area (Å²) < 4.78 is 32.5. The van der Waals surface area contributed by atoms with Gasteiger partial charge in [0.05, 0.1) is 12.0 Å². The fourth-order valence-corrected chi connectivity index (χ4v) is 5.57. The van der Waals surface area contributed by atoms with Crippen LogP contribution in [0.1, 0.15) is 45.8 Å². The molecule has 3 aromatic rings. The van der Waals surface area contributed by atoms with Crippen LogP contribution in [0.5, 0.6) is 5.75 Å². The maximum absolute atomic E-state index is 13.2. The number of aryl methyl sites for hydroxylation is 1. The van der Waals surface area contributed by atoms with Gasteiger partial charge in [-0.1, -0.05) is 0 Å². The second-order valence-electron chi connectivity index (χ2n) is 8.35. The van der Waals surface area contributed by atoms with E-state index in [9.17, 15) is 13.2 Å². The van der Waals surface area contributed by atoms with E-state index in [2.05, 4.69) is 22.0 Å². The van der Waals surface area contributed by atoms with Crippen LogP contribution in [0.4, 0.5) is 0 Å². The number of likely N-dealkylation sites (tertiary alicyclic amines) is 1. The molecule has 0 aliphatic carbocycles. The highest BCUT2D eigenvalue weighted by Crippen LogP contribution is 2.35. The molecule has 2 N–H and O–H groups in total. The molecular weight excluding hydrogens is 426 g/mol. The third-order valence-corrected chi connectivity index (χ3v) is 8.11. The molecule has 1 amide bonds. The first-order valence-electron chi connectivity index (χ1n) is 10.7. The lowest BCUT2D eigenvalue weighted by atomic mass is 9.89. The summed E-state index contributed by atoms with van der Waals surface area (Å²) in [5.41, 5.74) is 4.18. The molecule has 4 rings (SSSR count). The predicted molar refractivity (Wildman–Crippen MR) is 125 cm³/mol. The van der Waals surface area contributed by atoms with Crippen molar-refractivity contribution in [3.63, 3.8) is 0 Å². The van der Waals surface area contributed by atoms with Gasteiger partial charge in [-0.25, -0.2) is 13.1 Å². The molecule has 0 bridgehead atoms. The van der Waals surface area contributed by atoms with Gasteiger partial charge in [-0.2, -0.15) is 0 Å². The van der Waals surface area contributed by atoms with Gasteiger partial charge in [0, 0.05) is 35.8 Å². The van der Waals surface area contributed by atoms with Gasteiger partial charge in [-0.05, 0) is 86.7 Å². The van der Waals surface area contributed by atoms with Gasteiger partial charge >= 0.3 is 0 Å². The number of benzene rings is 2. The van der Waals surface area contributed by atoms with Crippen molar-refractivity contribution >= 4 is 26.8 Å². The van der Waals surface area contributed by atoms with Gasteiger partial charge in [0.2, 0.25) is 10.0 Å². The number of carbonyl (C=O) groups is 1. The number of H-pyrrole nitrogens is 1. The van der Waals surface area contributed by atoms with Crippen LogP contribution in [-0.2, 0) is 10.0 Å². The summed E-state index contributed by atoms with van der Waals surface area (Å²) in [7, 11) is -0.595. The molecule has 2 aromatic carbocycles. The number of nitrogens with one attached hydrogen (secondary N) is 2. The summed E-state index contributed by atoms with van der Waals surface area (Å²) in [4.78, 5) is 18.5. The van der Waals surface area contributed by atoms with E-state index in [-0.39, 0.29) is 10.8 Å². The molecule has 7 nitrogen and oxygen atoms in total. The topological polar surface area (TPSA) is 91.5 Å². The molecule has 2 heterocycles. The van der Waals surface area contributed by atoms with E-state index in [0.717, 1.165) is 35.1 Å². The van der Waals surface area contributed by atoms with Gasteiger partial charge in [-0.3, -0.25) is 4.79 Å². The van der Waals surface area contributed by atoms with Crippen LogP contribution in [0.25, 0.3) is 10.9 Å². The molecule has 1 aromatic heterocycles. The number of ether oxygens (including phenoxy) is 1. The van der Waals surface area contributed by atoms with Crippen molar-refractivity contribution < 1.29 is 17.9 Å². The first-order chi connectivity index (χ1) is 15.2. The van der Waals surface area contributed by atoms with Crippen molar-refractivity contribution in [3.8, 4) is 5.75 Å². The number of fused-ring (bicyclic) bond motifs is 1. The second kappa shape index (κ2) is 8.60. The zero-order chi connectivity index (χ0) is 23.0. The monoisotopic (exact) mass is 455 g/mol. The van der Waals surface area contributed by atoms with Crippen LogP contribution >= 0.6 is 0 Å². The average Bonchev–Trinajstić information content (AvgIpc) is 3.23. The van der Waals surface area contributed by atoms with E-state index in [1.807, 2.05) is 24.0 Å². The molecular formula is C24H29N3O4S. The average molecular weight is 456 g/mol. The Labute approximate surface area is 188 Å². The summed E-state index contributed by atoms with van der Waals surface area (Å²) in [5, 5.41) is 1.16. The van der Waals surface area contributed by atoms with E-state index in [4.69, 9.17) is 4.74 Å². The van der Waals surface area contributed by atoms with E-state index < -0.39 is 10.0 Å². The van der Waals surface area contributed by atoms with Crippen molar-refractivity contribution in [2.75, 3.05) is 27.2 Å². The SMILES string of the molecule is CNS(=O)(=O)c1cc(C(=O)N2CCC(c3c[nH]c4ccc(OC)cc34)CC2)cc(C)c1C. The molecule has 170 valence electrons. The molecule has 32 heavy (non-hydrogen) atoms. The maximum atomic E-state index is 13.2. The fraction of sp³-hybridized carbons (Fsp3) is 0.375. The highest BCUT2D eigenvalue weighted by atomic mass is 32.2. The Kier molecular flexibility index (Phi) is 6.01. The van der Waals surface area contributed by atoms with Crippen LogP contribution in [-0.4, -0.2) is 51.5 Å². The van der Waals surface area contributed by atoms with Crippen molar-refractivity contribution in [2.45, 2.75) is 37.5 Å². The van der Waals surface area contributed by atoms with Crippen molar-refractivity contribution in [1.82, 2.24) is 14.6 Å². The number of aromatic amines is 1. The van der Waals surface area contributed by atoms with Gasteiger partial charge < -0.3 is 14.6 Å². The molecule has 8 heteroatoms. The summed E-state index contributed by atoms with van der Waals surface area (Å²) >= 11 is 0. The largest absolute Gasteiger partial charge is 0.497 e. The molecule has 0 spiro atoms. The maximum Gasteiger partial charge on any atom is 0.253 e. The number of amides is 1. The first kappa shape index (κ1) is 22.4. The lowest BCUT2D eigenvalue weighted by molar-refractivity contribution is 0.0713. The van der Waals surface area contributed by atoms with Crippen LogP contribution in [0.15, 0.2) is 41.4 Å². The summed E-state index contributed by atoms with van der Waals surface area (Å²) in [5.74, 6) is 1.05. The van der Waals surface area contributed by atoms with E-state index in [1.165, 1.54) is 18.7 Å². The number of rotatable bonds is 5. The second-order valence-corrected chi connectivity index (χ2v) is 10.2. The van der Waals surface area contributed by atoms with Crippen LogP contribution in [0, 0.1) is 13.8 Å². The Morgan fingerprint density at radius 2 is 1.88 bits per heavy atom.